The van der Waals surface area contributed by atoms with Crippen LogP contribution in [0.4, 0.5) is 5.69 Å². The van der Waals surface area contributed by atoms with Gasteiger partial charge in [0.1, 0.15) is 5.75 Å². The van der Waals surface area contributed by atoms with Crippen molar-refractivity contribution in [1.29, 1.82) is 0 Å². The maximum absolute atomic E-state index is 9.20. The summed E-state index contributed by atoms with van der Waals surface area (Å²) in [4.78, 5) is 2.25. The molecule has 0 unspecified atom stereocenters. The first-order valence-electron chi connectivity index (χ1n) is 6.88. The highest BCUT2D eigenvalue weighted by molar-refractivity contribution is 5.53. The van der Waals surface area contributed by atoms with Crippen LogP contribution in [0.25, 0.3) is 0 Å². The second-order valence-electron chi connectivity index (χ2n) is 3.56. The SMILES string of the molecule is CC.CCOc1cc(N(CC)CC)ccc1CO. The molecule has 1 rings (SSSR count). The standard InChI is InChI=1S/C13H21NO2.C2H6/c1-4-14(5-2)12-8-7-11(10-15)13(9-12)16-6-3;1-2/h7-9,15H,4-6,10H2,1-3H3;1-2H3. The first-order valence-corrected chi connectivity index (χ1v) is 6.88. The second-order valence-corrected chi connectivity index (χ2v) is 3.56. The predicted octanol–water partition coefficient (Wildman–Crippen LogP) is 3.45. The van der Waals surface area contributed by atoms with Gasteiger partial charge in [-0.1, -0.05) is 19.9 Å². The molecule has 104 valence electrons. The Hall–Kier alpha value is -1.22. The molecule has 1 N–H and O–H groups in total. The van der Waals surface area contributed by atoms with Gasteiger partial charge in [0.15, 0.2) is 0 Å². The molecule has 0 radical (unpaired) electrons. The van der Waals surface area contributed by atoms with Gasteiger partial charge in [0.25, 0.3) is 0 Å². The maximum atomic E-state index is 9.20. The summed E-state index contributed by atoms with van der Waals surface area (Å²) in [6, 6.07) is 5.96. The maximum Gasteiger partial charge on any atom is 0.126 e. The van der Waals surface area contributed by atoms with E-state index in [9.17, 15) is 5.11 Å². The molecule has 0 amide bonds. The lowest BCUT2D eigenvalue weighted by Gasteiger charge is -2.22. The summed E-state index contributed by atoms with van der Waals surface area (Å²) in [6.45, 7) is 12.8. The van der Waals surface area contributed by atoms with Crippen LogP contribution in [-0.4, -0.2) is 24.8 Å². The predicted molar refractivity (Wildman–Crippen MR) is 78.4 cm³/mol. The number of benzene rings is 1. The average molecular weight is 253 g/mol. The minimum atomic E-state index is 0.0217. The van der Waals surface area contributed by atoms with E-state index >= 15 is 0 Å². The lowest BCUT2D eigenvalue weighted by atomic mass is 10.1. The Morgan fingerprint density at radius 3 is 2.17 bits per heavy atom. The molecule has 3 heteroatoms. The Kier molecular flexibility index (Phi) is 9.11. The molecule has 1 aromatic rings. The van der Waals surface area contributed by atoms with Crippen molar-refractivity contribution in [2.45, 2.75) is 41.2 Å². The highest BCUT2D eigenvalue weighted by atomic mass is 16.5. The van der Waals surface area contributed by atoms with E-state index in [1.165, 1.54) is 0 Å². The summed E-state index contributed by atoms with van der Waals surface area (Å²) in [7, 11) is 0. The minimum absolute atomic E-state index is 0.0217. The van der Waals surface area contributed by atoms with Crippen LogP contribution in [0.15, 0.2) is 18.2 Å². The fourth-order valence-electron chi connectivity index (χ4n) is 1.75. The Balaban J connectivity index is 0.00000137. The number of ether oxygens (including phenoxy) is 1. The molecule has 18 heavy (non-hydrogen) atoms. The molecule has 0 aliphatic carbocycles. The van der Waals surface area contributed by atoms with Gasteiger partial charge in [0, 0.05) is 30.4 Å². The van der Waals surface area contributed by atoms with Crippen molar-refractivity contribution in [1.82, 2.24) is 0 Å². The van der Waals surface area contributed by atoms with Crippen LogP contribution >= 0.6 is 0 Å². The van der Waals surface area contributed by atoms with Gasteiger partial charge < -0.3 is 14.7 Å². The van der Waals surface area contributed by atoms with Gasteiger partial charge in [-0.2, -0.15) is 0 Å². The first-order chi connectivity index (χ1) is 8.76. The van der Waals surface area contributed by atoms with Gasteiger partial charge in [-0.3, -0.25) is 0 Å². The van der Waals surface area contributed by atoms with Gasteiger partial charge in [-0.05, 0) is 26.8 Å². The molecular formula is C15H27NO2. The van der Waals surface area contributed by atoms with E-state index in [1.54, 1.807) is 0 Å². The zero-order valence-corrected chi connectivity index (χ0v) is 12.4. The lowest BCUT2D eigenvalue weighted by molar-refractivity contribution is 0.267. The van der Waals surface area contributed by atoms with Gasteiger partial charge in [0.05, 0.1) is 13.2 Å². The summed E-state index contributed by atoms with van der Waals surface area (Å²) in [5.74, 6) is 0.786. The fraction of sp³-hybridized carbons (Fsp3) is 0.600. The highest BCUT2D eigenvalue weighted by Crippen LogP contribution is 2.25. The van der Waals surface area contributed by atoms with Crippen molar-refractivity contribution in [3.63, 3.8) is 0 Å². The van der Waals surface area contributed by atoms with Crippen LogP contribution in [0.5, 0.6) is 5.75 Å². The first kappa shape index (κ1) is 16.8. The van der Waals surface area contributed by atoms with E-state index in [-0.39, 0.29) is 6.61 Å². The third-order valence-electron chi connectivity index (χ3n) is 2.65. The van der Waals surface area contributed by atoms with Crippen LogP contribution in [0.2, 0.25) is 0 Å². The third kappa shape index (κ3) is 4.57. The summed E-state index contributed by atoms with van der Waals surface area (Å²) >= 11 is 0. The van der Waals surface area contributed by atoms with Crippen molar-refractivity contribution < 1.29 is 9.84 Å². The molecule has 1 aromatic carbocycles. The minimum Gasteiger partial charge on any atom is -0.493 e. The Morgan fingerprint density at radius 1 is 1.11 bits per heavy atom. The van der Waals surface area contributed by atoms with Crippen LogP contribution in [0, 0.1) is 0 Å². The van der Waals surface area contributed by atoms with E-state index < -0.39 is 0 Å². The number of aliphatic hydroxyl groups is 1. The number of rotatable bonds is 6. The van der Waals surface area contributed by atoms with E-state index in [4.69, 9.17) is 4.74 Å². The van der Waals surface area contributed by atoms with E-state index in [0.29, 0.717) is 6.61 Å². The van der Waals surface area contributed by atoms with Crippen molar-refractivity contribution in [2.24, 2.45) is 0 Å². The summed E-state index contributed by atoms with van der Waals surface area (Å²) in [6.07, 6.45) is 0. The Labute approximate surface area is 111 Å². The molecule has 0 spiro atoms. The molecular weight excluding hydrogens is 226 g/mol. The summed E-state index contributed by atoms with van der Waals surface area (Å²) < 4.78 is 5.52. The zero-order valence-electron chi connectivity index (χ0n) is 12.4. The van der Waals surface area contributed by atoms with E-state index in [1.807, 2.05) is 39.0 Å². The highest BCUT2D eigenvalue weighted by Gasteiger charge is 2.07. The van der Waals surface area contributed by atoms with E-state index in [2.05, 4.69) is 18.7 Å². The molecule has 0 saturated carbocycles. The largest absolute Gasteiger partial charge is 0.493 e. The van der Waals surface area contributed by atoms with Gasteiger partial charge in [-0.15, -0.1) is 0 Å². The van der Waals surface area contributed by atoms with Crippen molar-refractivity contribution in [3.05, 3.63) is 23.8 Å². The number of anilines is 1. The number of hydrogen-bond acceptors (Lipinski definition) is 3. The molecule has 0 saturated heterocycles. The Morgan fingerprint density at radius 2 is 1.72 bits per heavy atom. The van der Waals surface area contributed by atoms with Crippen LogP contribution < -0.4 is 9.64 Å². The number of nitrogens with zero attached hydrogens (tertiary/aromatic N) is 1. The third-order valence-corrected chi connectivity index (χ3v) is 2.65. The van der Waals surface area contributed by atoms with Crippen LogP contribution in [0.1, 0.15) is 40.2 Å². The average Bonchev–Trinajstić information content (AvgIpc) is 2.43. The molecule has 0 bridgehead atoms. The lowest BCUT2D eigenvalue weighted by Crippen LogP contribution is -2.21. The summed E-state index contributed by atoms with van der Waals surface area (Å²) in [5.41, 5.74) is 1.99. The quantitative estimate of drug-likeness (QED) is 0.843. The van der Waals surface area contributed by atoms with E-state index in [0.717, 1.165) is 30.1 Å². The number of hydrogen-bond donors (Lipinski definition) is 1. The molecule has 0 aliphatic heterocycles. The monoisotopic (exact) mass is 253 g/mol. The van der Waals surface area contributed by atoms with Crippen molar-refractivity contribution in [3.8, 4) is 5.75 Å². The normalized spacial score (nSPS) is 9.44. The van der Waals surface area contributed by atoms with Gasteiger partial charge >= 0.3 is 0 Å². The van der Waals surface area contributed by atoms with Crippen LogP contribution in [-0.2, 0) is 6.61 Å². The molecule has 3 nitrogen and oxygen atoms in total. The smallest absolute Gasteiger partial charge is 0.126 e. The van der Waals surface area contributed by atoms with Crippen molar-refractivity contribution in [2.75, 3.05) is 24.6 Å². The molecule has 0 heterocycles. The molecule has 0 aromatic heterocycles. The van der Waals surface area contributed by atoms with Gasteiger partial charge in [0.2, 0.25) is 0 Å². The van der Waals surface area contributed by atoms with Crippen LogP contribution in [0.3, 0.4) is 0 Å². The second kappa shape index (κ2) is 9.77. The molecule has 0 aliphatic rings. The number of aliphatic hydroxyl groups excluding tert-OH is 1. The van der Waals surface area contributed by atoms with Gasteiger partial charge in [-0.25, -0.2) is 0 Å². The molecule has 0 atom stereocenters. The Bertz CT molecular complexity index is 322. The summed E-state index contributed by atoms with van der Waals surface area (Å²) in [5, 5.41) is 9.20. The topological polar surface area (TPSA) is 32.7 Å². The molecule has 0 fully saturated rings. The zero-order chi connectivity index (χ0) is 14.0. The van der Waals surface area contributed by atoms with Crippen molar-refractivity contribution >= 4 is 5.69 Å². The fourth-order valence-corrected chi connectivity index (χ4v) is 1.75.